The van der Waals surface area contributed by atoms with Crippen molar-refractivity contribution in [2.24, 2.45) is 0 Å². The first-order valence-electron chi connectivity index (χ1n) is 5.47. The molecule has 0 amide bonds. The number of halogens is 1. The zero-order chi connectivity index (χ0) is 13.2. The third kappa shape index (κ3) is 2.37. The third-order valence-corrected chi connectivity index (χ3v) is 5.18. The summed E-state index contributed by atoms with van der Waals surface area (Å²) in [5.74, 6) is 0.660. The molecule has 3 heterocycles. The summed E-state index contributed by atoms with van der Waals surface area (Å²) in [6.45, 7) is 0. The van der Waals surface area contributed by atoms with E-state index in [0.717, 1.165) is 24.6 Å². The molecule has 3 aromatic heterocycles. The van der Waals surface area contributed by atoms with E-state index in [1.807, 2.05) is 24.3 Å². The number of aromatic nitrogens is 3. The highest BCUT2D eigenvalue weighted by Crippen LogP contribution is 2.30. The van der Waals surface area contributed by atoms with Crippen molar-refractivity contribution < 1.29 is 4.74 Å². The van der Waals surface area contributed by atoms with Crippen molar-refractivity contribution >= 4 is 46.9 Å². The molecule has 0 unspecified atom stereocenters. The van der Waals surface area contributed by atoms with Crippen molar-refractivity contribution in [3.63, 3.8) is 0 Å². The molecule has 0 atom stereocenters. The minimum atomic E-state index is -0.288. The fourth-order valence-corrected chi connectivity index (χ4v) is 3.65. The van der Waals surface area contributed by atoms with Crippen LogP contribution in [0.25, 0.3) is 21.0 Å². The van der Waals surface area contributed by atoms with Crippen LogP contribution in [0.15, 0.2) is 30.5 Å². The summed E-state index contributed by atoms with van der Waals surface area (Å²) in [7, 11) is 1.63. The summed E-state index contributed by atoms with van der Waals surface area (Å²) in [5.41, 5.74) is 1.72. The Bertz CT molecular complexity index is 723. The van der Waals surface area contributed by atoms with E-state index < -0.39 is 0 Å². The zero-order valence-electron chi connectivity index (χ0n) is 10.1. The van der Waals surface area contributed by atoms with Gasteiger partial charge in [-0.05, 0) is 24.3 Å². The SMILES string of the molecule is C=Ic1ccc(-c2nc3cccnc3s2)nc1OC. The van der Waals surface area contributed by atoms with Crippen LogP contribution in [-0.4, -0.2) is 26.6 Å². The minimum Gasteiger partial charge on any atom is -0.480 e. The highest BCUT2D eigenvalue weighted by atomic mass is 127. The van der Waals surface area contributed by atoms with Gasteiger partial charge in [0, 0.05) is 6.20 Å². The summed E-state index contributed by atoms with van der Waals surface area (Å²) in [6.07, 6.45) is 1.77. The van der Waals surface area contributed by atoms with E-state index in [0.29, 0.717) is 5.88 Å². The van der Waals surface area contributed by atoms with E-state index in [4.69, 9.17) is 4.74 Å². The van der Waals surface area contributed by atoms with Gasteiger partial charge < -0.3 is 4.74 Å². The lowest BCUT2D eigenvalue weighted by molar-refractivity contribution is 0.395. The van der Waals surface area contributed by atoms with E-state index in [1.54, 1.807) is 13.3 Å². The molecule has 0 aromatic carbocycles. The van der Waals surface area contributed by atoms with Gasteiger partial charge in [-0.3, -0.25) is 0 Å². The molecular formula is C13H10IN3OS. The first kappa shape index (κ1) is 12.6. The van der Waals surface area contributed by atoms with Gasteiger partial charge >= 0.3 is 0 Å². The fraction of sp³-hybridized carbons (Fsp3) is 0.0769. The van der Waals surface area contributed by atoms with E-state index in [1.165, 1.54) is 11.3 Å². The summed E-state index contributed by atoms with van der Waals surface area (Å²) >= 11 is 1.25. The van der Waals surface area contributed by atoms with Crippen molar-refractivity contribution in [1.82, 2.24) is 15.0 Å². The summed E-state index contributed by atoms with van der Waals surface area (Å²) < 4.78 is 10.4. The normalized spacial score (nSPS) is 10.8. The molecule has 3 rings (SSSR count). The quantitative estimate of drug-likeness (QED) is 0.651. The molecule has 0 fully saturated rings. The van der Waals surface area contributed by atoms with E-state index in [-0.39, 0.29) is 20.7 Å². The number of hydrogen-bond acceptors (Lipinski definition) is 5. The van der Waals surface area contributed by atoms with Crippen molar-refractivity contribution in [3.05, 3.63) is 34.0 Å². The predicted molar refractivity (Wildman–Crippen MR) is 87.0 cm³/mol. The van der Waals surface area contributed by atoms with Gasteiger partial charge in [-0.1, -0.05) is 36.6 Å². The van der Waals surface area contributed by atoms with Gasteiger partial charge in [0.15, 0.2) is 0 Å². The first-order valence-corrected chi connectivity index (χ1v) is 8.89. The van der Waals surface area contributed by atoms with Gasteiger partial charge in [0.05, 0.1) is 10.7 Å². The summed E-state index contributed by atoms with van der Waals surface area (Å²) in [4.78, 5) is 14.3. The van der Waals surface area contributed by atoms with Crippen molar-refractivity contribution in [3.8, 4) is 16.6 Å². The van der Waals surface area contributed by atoms with Crippen molar-refractivity contribution in [2.45, 2.75) is 0 Å². The number of fused-ring (bicyclic) bond motifs is 1. The smallest absolute Gasteiger partial charge is 0.227 e. The van der Waals surface area contributed by atoms with Gasteiger partial charge in [-0.2, -0.15) is 0 Å². The second-order valence-corrected chi connectivity index (χ2v) is 6.57. The maximum Gasteiger partial charge on any atom is 0.227 e. The Morgan fingerprint density at radius 2 is 2.16 bits per heavy atom. The van der Waals surface area contributed by atoms with Crippen molar-refractivity contribution in [2.75, 3.05) is 7.11 Å². The molecule has 3 aromatic rings. The Hall–Kier alpha value is -1.41. The largest absolute Gasteiger partial charge is 0.480 e. The summed E-state index contributed by atoms with van der Waals surface area (Å²) in [6, 6.07) is 7.84. The molecule has 0 aliphatic heterocycles. The number of thiazole rings is 1. The number of methoxy groups -OCH3 is 1. The zero-order valence-corrected chi connectivity index (χ0v) is 13.1. The Kier molecular flexibility index (Phi) is 3.52. The molecule has 0 radical (unpaired) electrons. The predicted octanol–water partition coefficient (Wildman–Crippen LogP) is 3.33. The summed E-state index contributed by atoms with van der Waals surface area (Å²) in [5, 5.41) is 0.862. The van der Waals surface area contributed by atoms with Gasteiger partial charge in [0.2, 0.25) is 5.88 Å². The Labute approximate surface area is 124 Å². The van der Waals surface area contributed by atoms with Crippen LogP contribution in [0.5, 0.6) is 5.88 Å². The fourth-order valence-electron chi connectivity index (χ4n) is 1.67. The Balaban J connectivity index is 2.13. The van der Waals surface area contributed by atoms with Crippen LogP contribution in [0, 0.1) is 3.57 Å². The number of hydrogen-bond donors (Lipinski definition) is 0. The standard InChI is InChI=1S/C13H10IN3OS/c1-14-8-5-6-10(16-11(8)18-2)13-17-9-4-3-7-15-12(9)19-13/h3-7H,1H2,2H3. The monoisotopic (exact) mass is 383 g/mol. The van der Waals surface area contributed by atoms with Gasteiger partial charge in [0.25, 0.3) is 0 Å². The van der Waals surface area contributed by atoms with Crippen molar-refractivity contribution in [1.29, 1.82) is 0 Å². The van der Waals surface area contributed by atoms with Crippen LogP contribution in [0.2, 0.25) is 0 Å². The molecule has 0 saturated heterocycles. The molecular weight excluding hydrogens is 373 g/mol. The number of ether oxygens (including phenoxy) is 1. The van der Waals surface area contributed by atoms with Crippen LogP contribution < -0.4 is 4.74 Å². The van der Waals surface area contributed by atoms with E-state index in [9.17, 15) is 0 Å². The highest BCUT2D eigenvalue weighted by Gasteiger charge is 2.10. The highest BCUT2D eigenvalue weighted by molar-refractivity contribution is 14.2. The molecule has 96 valence electrons. The molecule has 0 spiro atoms. The molecule has 0 N–H and O–H groups in total. The third-order valence-electron chi connectivity index (χ3n) is 2.54. The van der Waals surface area contributed by atoms with Crippen LogP contribution >= 0.6 is 32.1 Å². The average Bonchev–Trinajstić information content (AvgIpc) is 2.90. The topological polar surface area (TPSA) is 47.9 Å². The van der Waals surface area contributed by atoms with Crippen LogP contribution in [-0.2, 0) is 0 Å². The first-order chi connectivity index (χ1) is 9.31. The van der Waals surface area contributed by atoms with Gasteiger partial charge in [-0.25, -0.2) is 15.0 Å². The van der Waals surface area contributed by atoms with Crippen LogP contribution in [0.3, 0.4) is 0 Å². The lowest BCUT2D eigenvalue weighted by Gasteiger charge is -2.04. The lowest BCUT2D eigenvalue weighted by atomic mass is 10.3. The molecule has 0 aliphatic rings. The molecule has 0 aliphatic carbocycles. The average molecular weight is 383 g/mol. The molecule has 0 bridgehead atoms. The molecule has 19 heavy (non-hydrogen) atoms. The van der Waals surface area contributed by atoms with E-state index >= 15 is 0 Å². The van der Waals surface area contributed by atoms with Crippen LogP contribution in [0.1, 0.15) is 0 Å². The van der Waals surface area contributed by atoms with E-state index in [2.05, 4.69) is 19.5 Å². The van der Waals surface area contributed by atoms with Gasteiger partial charge in [-0.15, -0.1) is 0 Å². The molecule has 0 saturated carbocycles. The lowest BCUT2D eigenvalue weighted by Crippen LogP contribution is -1.93. The maximum atomic E-state index is 5.31. The second-order valence-electron chi connectivity index (χ2n) is 3.67. The van der Waals surface area contributed by atoms with Crippen LogP contribution in [0.4, 0.5) is 0 Å². The number of pyridine rings is 2. The second kappa shape index (κ2) is 5.30. The Morgan fingerprint density at radius 1 is 1.26 bits per heavy atom. The molecule has 6 heteroatoms. The number of rotatable bonds is 3. The van der Waals surface area contributed by atoms with Gasteiger partial charge in [0.1, 0.15) is 21.0 Å². The minimum absolute atomic E-state index is 0.288. The molecule has 4 nitrogen and oxygen atoms in total. The number of nitrogens with zero attached hydrogens (tertiary/aromatic N) is 3. The maximum absolute atomic E-state index is 5.31. The Morgan fingerprint density at radius 3 is 2.89 bits per heavy atom.